The first-order valence-corrected chi connectivity index (χ1v) is 6.09. The fourth-order valence-electron chi connectivity index (χ4n) is 1.73. The number of carboxylic acid groups (broad SMARTS) is 1. The van der Waals surface area contributed by atoms with Crippen LogP contribution in [0.5, 0.6) is 0 Å². The molecule has 1 aromatic rings. The van der Waals surface area contributed by atoms with Gasteiger partial charge < -0.3 is 10.4 Å². The first-order valence-electron chi connectivity index (χ1n) is 6.09. The molecule has 98 valence electrons. The van der Waals surface area contributed by atoms with Crippen molar-refractivity contribution < 1.29 is 14.7 Å². The van der Waals surface area contributed by atoms with Crippen LogP contribution in [0.1, 0.15) is 35.7 Å². The summed E-state index contributed by atoms with van der Waals surface area (Å²) in [7, 11) is 0. The second-order valence-electron chi connectivity index (χ2n) is 4.45. The lowest BCUT2D eigenvalue weighted by Gasteiger charge is -2.13. The number of hydrogen-bond donors (Lipinski definition) is 2. The van der Waals surface area contributed by atoms with Crippen molar-refractivity contribution in [1.29, 1.82) is 0 Å². The van der Waals surface area contributed by atoms with Crippen LogP contribution >= 0.6 is 0 Å². The minimum atomic E-state index is -0.827. The zero-order valence-corrected chi connectivity index (χ0v) is 10.8. The molecule has 0 heterocycles. The summed E-state index contributed by atoms with van der Waals surface area (Å²) in [6, 6.07) is 7.32. The van der Waals surface area contributed by atoms with E-state index in [1.54, 1.807) is 6.07 Å². The highest BCUT2D eigenvalue weighted by molar-refractivity contribution is 5.94. The van der Waals surface area contributed by atoms with E-state index in [9.17, 15) is 9.59 Å². The van der Waals surface area contributed by atoms with Crippen LogP contribution < -0.4 is 5.32 Å². The van der Waals surface area contributed by atoms with E-state index >= 15 is 0 Å². The molecular weight excluding hydrogens is 230 g/mol. The number of nitrogens with one attached hydrogen (secondary N) is 1. The Morgan fingerprint density at radius 3 is 2.67 bits per heavy atom. The van der Waals surface area contributed by atoms with Crippen molar-refractivity contribution >= 4 is 11.9 Å². The predicted molar refractivity (Wildman–Crippen MR) is 69.5 cm³/mol. The van der Waals surface area contributed by atoms with E-state index in [4.69, 9.17) is 5.11 Å². The first-order chi connectivity index (χ1) is 8.52. The molecule has 1 atom stereocenters. The van der Waals surface area contributed by atoms with E-state index in [0.717, 1.165) is 12.0 Å². The molecule has 4 nitrogen and oxygen atoms in total. The van der Waals surface area contributed by atoms with Crippen molar-refractivity contribution in [3.63, 3.8) is 0 Å². The maximum absolute atomic E-state index is 11.8. The van der Waals surface area contributed by atoms with Gasteiger partial charge in [-0.15, -0.1) is 0 Å². The van der Waals surface area contributed by atoms with E-state index < -0.39 is 5.97 Å². The average Bonchev–Trinajstić information content (AvgIpc) is 2.33. The monoisotopic (exact) mass is 249 g/mol. The summed E-state index contributed by atoms with van der Waals surface area (Å²) < 4.78 is 0. The maximum Gasteiger partial charge on any atom is 0.303 e. The van der Waals surface area contributed by atoms with Crippen molar-refractivity contribution in [3.05, 3.63) is 35.4 Å². The minimum absolute atomic E-state index is 0.0174. The van der Waals surface area contributed by atoms with E-state index in [1.807, 2.05) is 32.0 Å². The molecule has 0 bridgehead atoms. The van der Waals surface area contributed by atoms with Gasteiger partial charge in [0.1, 0.15) is 0 Å². The molecule has 0 saturated carbocycles. The van der Waals surface area contributed by atoms with Crippen molar-refractivity contribution in [1.82, 2.24) is 5.32 Å². The molecule has 0 fully saturated rings. The molecule has 2 N–H and O–H groups in total. The summed E-state index contributed by atoms with van der Waals surface area (Å²) in [6.07, 6.45) is 0.824. The molecule has 1 unspecified atom stereocenters. The van der Waals surface area contributed by atoms with Crippen LogP contribution in [-0.2, 0) is 4.79 Å². The number of carboxylic acids is 1. The Hall–Kier alpha value is -1.84. The number of aliphatic carboxylic acids is 1. The third-order valence-corrected chi connectivity index (χ3v) is 2.87. The largest absolute Gasteiger partial charge is 0.481 e. The average molecular weight is 249 g/mol. The highest BCUT2D eigenvalue weighted by Crippen LogP contribution is 2.08. The van der Waals surface area contributed by atoms with Gasteiger partial charge in [0.15, 0.2) is 0 Å². The van der Waals surface area contributed by atoms with Crippen LogP contribution in [0.3, 0.4) is 0 Å². The number of amides is 1. The van der Waals surface area contributed by atoms with Crippen LogP contribution in [0.4, 0.5) is 0 Å². The molecule has 0 saturated heterocycles. The SMILES string of the molecule is CCC(CNC(=O)c1cccc(C)c1)CC(=O)O. The van der Waals surface area contributed by atoms with E-state index in [1.165, 1.54) is 0 Å². The second kappa shape index (κ2) is 6.79. The first kappa shape index (κ1) is 14.2. The zero-order chi connectivity index (χ0) is 13.5. The highest BCUT2D eigenvalue weighted by atomic mass is 16.4. The Bertz CT molecular complexity index is 429. The summed E-state index contributed by atoms with van der Waals surface area (Å²) in [5.41, 5.74) is 1.64. The maximum atomic E-state index is 11.8. The third kappa shape index (κ3) is 4.57. The van der Waals surface area contributed by atoms with Gasteiger partial charge in [-0.05, 0) is 25.0 Å². The van der Waals surface area contributed by atoms with E-state index in [2.05, 4.69) is 5.32 Å². The van der Waals surface area contributed by atoms with Gasteiger partial charge in [0.2, 0.25) is 0 Å². The summed E-state index contributed by atoms with van der Waals surface area (Å²) >= 11 is 0. The van der Waals surface area contributed by atoms with Gasteiger partial charge in [0.05, 0.1) is 0 Å². The number of hydrogen-bond acceptors (Lipinski definition) is 2. The van der Waals surface area contributed by atoms with E-state index in [-0.39, 0.29) is 18.2 Å². The van der Waals surface area contributed by atoms with E-state index in [0.29, 0.717) is 12.1 Å². The molecular formula is C14H19NO3. The Morgan fingerprint density at radius 2 is 2.11 bits per heavy atom. The lowest BCUT2D eigenvalue weighted by Crippen LogP contribution is -2.30. The Labute approximate surface area is 107 Å². The fourth-order valence-corrected chi connectivity index (χ4v) is 1.73. The van der Waals surface area contributed by atoms with Crippen molar-refractivity contribution in [3.8, 4) is 0 Å². The molecule has 0 aliphatic heterocycles. The van der Waals surface area contributed by atoms with Crippen LogP contribution in [0.2, 0.25) is 0 Å². The summed E-state index contributed by atoms with van der Waals surface area (Å²) in [5.74, 6) is -0.995. The minimum Gasteiger partial charge on any atom is -0.481 e. The molecule has 0 spiro atoms. The molecule has 0 radical (unpaired) electrons. The molecule has 1 aromatic carbocycles. The van der Waals surface area contributed by atoms with Gasteiger partial charge in [0, 0.05) is 18.5 Å². The van der Waals surface area contributed by atoms with Crippen LogP contribution in [0.25, 0.3) is 0 Å². The molecule has 18 heavy (non-hydrogen) atoms. The Kier molecular flexibility index (Phi) is 5.36. The summed E-state index contributed by atoms with van der Waals surface area (Å²) in [5, 5.41) is 11.5. The molecule has 0 aliphatic rings. The lowest BCUT2D eigenvalue weighted by molar-refractivity contribution is -0.138. The molecule has 1 rings (SSSR count). The predicted octanol–water partition coefficient (Wildman–Crippen LogP) is 2.23. The summed E-state index contributed by atoms with van der Waals surface area (Å²) in [6.45, 7) is 4.25. The van der Waals surface area contributed by atoms with Gasteiger partial charge in [-0.25, -0.2) is 0 Å². The van der Waals surface area contributed by atoms with Gasteiger partial charge >= 0.3 is 5.97 Å². The van der Waals surface area contributed by atoms with Crippen LogP contribution in [0, 0.1) is 12.8 Å². The zero-order valence-electron chi connectivity index (χ0n) is 10.8. The standard InChI is InChI=1S/C14H19NO3/c1-3-11(8-13(16)17)9-15-14(18)12-6-4-5-10(2)7-12/h4-7,11H,3,8-9H2,1-2H3,(H,15,18)(H,16,17). The molecule has 1 amide bonds. The normalized spacial score (nSPS) is 11.9. The Morgan fingerprint density at radius 1 is 1.39 bits per heavy atom. The summed E-state index contributed by atoms with van der Waals surface area (Å²) in [4.78, 5) is 22.5. The van der Waals surface area contributed by atoms with Crippen molar-refractivity contribution in [2.75, 3.05) is 6.54 Å². The van der Waals surface area contributed by atoms with Crippen LogP contribution in [0.15, 0.2) is 24.3 Å². The number of rotatable bonds is 6. The number of carbonyl (C=O) groups excluding carboxylic acids is 1. The second-order valence-corrected chi connectivity index (χ2v) is 4.45. The number of benzene rings is 1. The molecule has 0 aromatic heterocycles. The van der Waals surface area contributed by atoms with Gasteiger partial charge in [-0.2, -0.15) is 0 Å². The number of aryl methyl sites for hydroxylation is 1. The highest BCUT2D eigenvalue weighted by Gasteiger charge is 2.13. The topological polar surface area (TPSA) is 66.4 Å². The molecule has 4 heteroatoms. The Balaban J connectivity index is 2.52. The lowest BCUT2D eigenvalue weighted by atomic mass is 10.0. The van der Waals surface area contributed by atoms with Crippen LogP contribution in [-0.4, -0.2) is 23.5 Å². The quantitative estimate of drug-likeness (QED) is 0.812. The smallest absolute Gasteiger partial charge is 0.303 e. The van der Waals surface area contributed by atoms with Crippen molar-refractivity contribution in [2.24, 2.45) is 5.92 Å². The van der Waals surface area contributed by atoms with Gasteiger partial charge in [0.25, 0.3) is 5.91 Å². The fraction of sp³-hybridized carbons (Fsp3) is 0.429. The van der Waals surface area contributed by atoms with Gasteiger partial charge in [-0.3, -0.25) is 9.59 Å². The number of carbonyl (C=O) groups is 2. The van der Waals surface area contributed by atoms with Gasteiger partial charge in [-0.1, -0.05) is 31.0 Å². The third-order valence-electron chi connectivity index (χ3n) is 2.87. The molecule has 0 aliphatic carbocycles. The van der Waals surface area contributed by atoms with Crippen molar-refractivity contribution in [2.45, 2.75) is 26.7 Å².